The number of nitrogens with zero attached hydrogens (tertiary/aromatic N) is 2. The fourth-order valence-electron chi connectivity index (χ4n) is 3.28. The number of nitrogens with one attached hydrogen (secondary N) is 1. The maximum atomic E-state index is 13.5. The Balaban J connectivity index is 2.36. The molecule has 2 aromatic rings. The summed E-state index contributed by atoms with van der Waals surface area (Å²) in [5.41, 5.74) is 0.972. The Bertz CT molecular complexity index is 1080. The zero-order valence-electron chi connectivity index (χ0n) is 20.0. The van der Waals surface area contributed by atoms with Crippen molar-refractivity contribution in [1.82, 2.24) is 10.2 Å². The Kier molecular flexibility index (Phi) is 10.2. The molecule has 0 aliphatic rings. The van der Waals surface area contributed by atoms with Crippen LogP contribution in [0.1, 0.15) is 32.8 Å². The summed E-state index contributed by atoms with van der Waals surface area (Å²) in [6.45, 7) is 5.92. The molecule has 10 heteroatoms. The molecule has 2 amide bonds. The molecule has 2 aromatic carbocycles. The lowest BCUT2D eigenvalue weighted by Gasteiger charge is -2.31. The molecule has 0 bridgehead atoms. The molecule has 8 nitrogen and oxygen atoms in total. The third-order valence-corrected chi connectivity index (χ3v) is 6.64. The maximum Gasteiger partial charge on any atom is 0.244 e. The first kappa shape index (κ1) is 27.5. The molecule has 0 aliphatic heterocycles. The number of amides is 2. The molecule has 0 aromatic heterocycles. The second-order valence-corrected chi connectivity index (χ2v) is 10.1. The Morgan fingerprint density at radius 2 is 1.74 bits per heavy atom. The molecule has 0 saturated heterocycles. The zero-order valence-corrected chi connectivity index (χ0v) is 21.5. The van der Waals surface area contributed by atoms with Gasteiger partial charge in [-0.05, 0) is 56.2 Å². The maximum absolute atomic E-state index is 13.5. The van der Waals surface area contributed by atoms with E-state index in [4.69, 9.17) is 16.3 Å². The van der Waals surface area contributed by atoms with Crippen molar-refractivity contribution in [2.24, 2.45) is 0 Å². The van der Waals surface area contributed by atoms with E-state index < -0.39 is 28.5 Å². The lowest BCUT2D eigenvalue weighted by Crippen LogP contribution is -2.51. The first-order valence-electron chi connectivity index (χ1n) is 11.1. The zero-order chi connectivity index (χ0) is 25.3. The van der Waals surface area contributed by atoms with Crippen LogP contribution in [-0.2, 0) is 26.2 Å². The van der Waals surface area contributed by atoms with Crippen LogP contribution < -0.4 is 14.4 Å². The molecule has 0 fully saturated rings. The highest BCUT2D eigenvalue weighted by Gasteiger charge is 2.30. The number of carbonyl (C=O) groups is 2. The summed E-state index contributed by atoms with van der Waals surface area (Å²) in [4.78, 5) is 27.5. The molecule has 0 aliphatic carbocycles. The number of halogens is 1. The van der Waals surface area contributed by atoms with Crippen LogP contribution in [0.5, 0.6) is 5.75 Å². The minimum Gasteiger partial charge on any atom is -0.494 e. The fraction of sp³-hybridized carbons (Fsp3) is 0.417. The first-order chi connectivity index (χ1) is 16.1. The number of benzene rings is 2. The largest absolute Gasteiger partial charge is 0.494 e. The van der Waals surface area contributed by atoms with Gasteiger partial charge in [-0.3, -0.25) is 13.9 Å². The molecule has 1 N–H and O–H groups in total. The Hall–Kier alpha value is -2.78. The molecule has 186 valence electrons. The van der Waals surface area contributed by atoms with Crippen molar-refractivity contribution in [2.45, 2.75) is 39.8 Å². The lowest BCUT2D eigenvalue weighted by atomic mass is 10.1. The van der Waals surface area contributed by atoms with E-state index in [9.17, 15) is 18.0 Å². The van der Waals surface area contributed by atoms with Crippen LogP contribution in [0.25, 0.3) is 0 Å². The third kappa shape index (κ3) is 7.63. The second-order valence-electron chi connectivity index (χ2n) is 7.78. The van der Waals surface area contributed by atoms with Gasteiger partial charge >= 0.3 is 0 Å². The quantitative estimate of drug-likeness (QED) is 0.472. The average molecular weight is 510 g/mol. The summed E-state index contributed by atoms with van der Waals surface area (Å²) < 4.78 is 31.6. The lowest BCUT2D eigenvalue weighted by molar-refractivity contribution is -0.139. The topological polar surface area (TPSA) is 96.0 Å². The van der Waals surface area contributed by atoms with Gasteiger partial charge in [0.25, 0.3) is 0 Å². The number of anilines is 1. The number of carbonyl (C=O) groups excluding carboxylic acids is 2. The SMILES string of the molecule is CCCNC(=O)[C@@H](C)N(Cc1ccccc1Cl)C(=O)CN(c1ccc(OCC)cc1)S(C)(=O)=O. The summed E-state index contributed by atoms with van der Waals surface area (Å²) in [6, 6.07) is 12.6. The Morgan fingerprint density at radius 1 is 1.09 bits per heavy atom. The minimum atomic E-state index is -3.79. The summed E-state index contributed by atoms with van der Waals surface area (Å²) in [6.07, 6.45) is 1.78. The van der Waals surface area contributed by atoms with Gasteiger partial charge in [-0.1, -0.05) is 36.7 Å². The summed E-state index contributed by atoms with van der Waals surface area (Å²) in [5, 5.41) is 3.24. The molecule has 0 spiro atoms. The van der Waals surface area contributed by atoms with E-state index >= 15 is 0 Å². The molecule has 0 saturated carbocycles. The van der Waals surface area contributed by atoms with Crippen molar-refractivity contribution < 1.29 is 22.7 Å². The summed E-state index contributed by atoms with van der Waals surface area (Å²) >= 11 is 6.30. The highest BCUT2D eigenvalue weighted by Crippen LogP contribution is 2.23. The van der Waals surface area contributed by atoms with Crippen molar-refractivity contribution in [3.63, 3.8) is 0 Å². The first-order valence-corrected chi connectivity index (χ1v) is 13.3. The summed E-state index contributed by atoms with van der Waals surface area (Å²) in [5.74, 6) is -0.264. The van der Waals surface area contributed by atoms with Crippen molar-refractivity contribution in [1.29, 1.82) is 0 Å². The third-order valence-electron chi connectivity index (χ3n) is 5.13. The summed E-state index contributed by atoms with van der Waals surface area (Å²) in [7, 11) is -3.79. The van der Waals surface area contributed by atoms with Crippen molar-refractivity contribution in [2.75, 3.05) is 30.3 Å². The van der Waals surface area contributed by atoms with Gasteiger partial charge in [-0.25, -0.2) is 8.42 Å². The molecule has 34 heavy (non-hydrogen) atoms. The van der Waals surface area contributed by atoms with Crippen LogP contribution in [0.15, 0.2) is 48.5 Å². The van der Waals surface area contributed by atoms with Crippen LogP contribution in [0.4, 0.5) is 5.69 Å². The fourth-order valence-corrected chi connectivity index (χ4v) is 4.32. The number of hydrogen-bond acceptors (Lipinski definition) is 5. The van der Waals surface area contributed by atoms with Crippen LogP contribution in [0, 0.1) is 0 Å². The van der Waals surface area contributed by atoms with Gasteiger partial charge in [0.1, 0.15) is 18.3 Å². The standard InChI is InChI=1S/C24H32ClN3O5S/c1-5-15-26-24(30)18(3)27(16-19-9-7-8-10-22(19)25)23(29)17-28(34(4,31)32)20-11-13-21(14-12-20)33-6-2/h7-14,18H,5-6,15-17H2,1-4H3,(H,26,30)/t18-/m1/s1. The van der Waals surface area contributed by atoms with Gasteiger partial charge in [0.05, 0.1) is 18.6 Å². The molecular formula is C24H32ClN3O5S. The molecule has 0 heterocycles. The van der Waals surface area contributed by atoms with Crippen molar-refractivity contribution in [3.05, 3.63) is 59.1 Å². The van der Waals surface area contributed by atoms with Crippen molar-refractivity contribution >= 4 is 39.1 Å². The van der Waals surface area contributed by atoms with E-state index in [1.165, 1.54) is 4.90 Å². The average Bonchev–Trinajstić information content (AvgIpc) is 2.80. The smallest absolute Gasteiger partial charge is 0.244 e. The molecule has 2 rings (SSSR count). The molecule has 0 radical (unpaired) electrons. The highest BCUT2D eigenvalue weighted by molar-refractivity contribution is 7.92. The van der Waals surface area contributed by atoms with Gasteiger partial charge in [0, 0.05) is 18.1 Å². The monoisotopic (exact) mass is 509 g/mol. The van der Waals surface area contributed by atoms with Crippen molar-refractivity contribution in [3.8, 4) is 5.75 Å². The normalized spacial score (nSPS) is 12.0. The molecular weight excluding hydrogens is 478 g/mol. The van der Waals surface area contributed by atoms with E-state index in [0.29, 0.717) is 35.2 Å². The Labute approximate surface area is 206 Å². The predicted octanol–water partition coefficient (Wildman–Crippen LogP) is 3.45. The van der Waals surface area contributed by atoms with Crippen LogP contribution >= 0.6 is 11.6 Å². The number of hydrogen-bond donors (Lipinski definition) is 1. The van der Waals surface area contributed by atoms with E-state index in [2.05, 4.69) is 5.32 Å². The highest BCUT2D eigenvalue weighted by atomic mass is 35.5. The van der Waals surface area contributed by atoms with Crippen LogP contribution in [0.3, 0.4) is 0 Å². The molecule has 1 atom stereocenters. The van der Waals surface area contributed by atoms with Gasteiger partial charge < -0.3 is 15.0 Å². The van der Waals surface area contributed by atoms with E-state index in [1.54, 1.807) is 55.5 Å². The van der Waals surface area contributed by atoms with E-state index in [0.717, 1.165) is 17.0 Å². The number of sulfonamides is 1. The number of rotatable bonds is 12. The van der Waals surface area contributed by atoms with Gasteiger partial charge in [-0.2, -0.15) is 0 Å². The Morgan fingerprint density at radius 3 is 2.29 bits per heavy atom. The number of ether oxygens (including phenoxy) is 1. The van der Waals surface area contributed by atoms with Gasteiger partial charge in [0.15, 0.2) is 0 Å². The molecule has 0 unspecified atom stereocenters. The van der Waals surface area contributed by atoms with Crippen LogP contribution in [0.2, 0.25) is 5.02 Å². The van der Waals surface area contributed by atoms with Gasteiger partial charge in [-0.15, -0.1) is 0 Å². The van der Waals surface area contributed by atoms with Gasteiger partial charge in [0.2, 0.25) is 21.8 Å². The predicted molar refractivity (Wildman–Crippen MR) is 135 cm³/mol. The second kappa shape index (κ2) is 12.6. The van der Waals surface area contributed by atoms with E-state index in [1.807, 2.05) is 13.8 Å². The van der Waals surface area contributed by atoms with Crippen LogP contribution in [-0.4, -0.2) is 57.1 Å². The van der Waals surface area contributed by atoms with E-state index in [-0.39, 0.29) is 12.5 Å². The minimum absolute atomic E-state index is 0.0557.